The number of fused-ring (bicyclic) bond motifs is 1. The Morgan fingerprint density at radius 2 is 1.19 bits per heavy atom. The molecule has 2 rings (SSSR count). The highest BCUT2D eigenvalue weighted by atomic mass is 16.5. The zero-order valence-electron chi connectivity index (χ0n) is 15.0. The lowest BCUT2D eigenvalue weighted by atomic mass is 9.99. The summed E-state index contributed by atoms with van der Waals surface area (Å²) in [6.07, 6.45) is -0.431. The number of carbonyl (C=O) groups excluding carboxylic acids is 2. The van der Waals surface area contributed by atoms with Crippen molar-refractivity contribution in [2.45, 2.75) is 38.9 Å². The van der Waals surface area contributed by atoms with E-state index in [0.29, 0.717) is 34.7 Å². The molecule has 140 valence electrons. The topological polar surface area (TPSA) is 93.1 Å². The van der Waals surface area contributed by atoms with Gasteiger partial charge in [-0.15, -0.1) is 0 Å². The first-order chi connectivity index (χ1) is 12.5. The predicted molar refractivity (Wildman–Crippen MR) is 97.1 cm³/mol. The molecule has 0 saturated carbocycles. The van der Waals surface area contributed by atoms with E-state index >= 15 is 0 Å². The van der Waals surface area contributed by atoms with Crippen molar-refractivity contribution in [3.8, 4) is 0 Å². The average molecular weight is 360 g/mol. The van der Waals surface area contributed by atoms with Gasteiger partial charge in [-0.3, -0.25) is 0 Å². The molecular weight excluding hydrogens is 336 g/mol. The maximum absolute atomic E-state index is 12.3. The second-order valence-corrected chi connectivity index (χ2v) is 6.03. The van der Waals surface area contributed by atoms with Crippen LogP contribution in [0.15, 0.2) is 36.4 Å². The average Bonchev–Trinajstić information content (AvgIpc) is 2.68. The minimum Gasteiger partial charge on any atom is -0.459 e. The van der Waals surface area contributed by atoms with E-state index < -0.39 is 24.1 Å². The van der Waals surface area contributed by atoms with Crippen molar-refractivity contribution >= 4 is 22.7 Å². The molecule has 0 aromatic heterocycles. The number of esters is 2. The molecule has 2 aromatic carbocycles. The van der Waals surface area contributed by atoms with Gasteiger partial charge in [0.05, 0.1) is 23.3 Å². The third-order valence-electron chi connectivity index (χ3n) is 4.12. The van der Waals surface area contributed by atoms with E-state index in [9.17, 15) is 19.8 Å². The first kappa shape index (κ1) is 19.9. The van der Waals surface area contributed by atoms with E-state index in [2.05, 4.69) is 0 Å². The maximum atomic E-state index is 12.3. The van der Waals surface area contributed by atoms with Crippen LogP contribution in [0, 0.1) is 0 Å². The van der Waals surface area contributed by atoms with Gasteiger partial charge >= 0.3 is 11.9 Å². The van der Waals surface area contributed by atoms with Gasteiger partial charge in [0, 0.05) is 0 Å². The molecular formula is C20H24O6. The van der Waals surface area contributed by atoms with E-state index in [1.54, 1.807) is 38.1 Å². The molecule has 0 aliphatic rings. The second-order valence-electron chi connectivity index (χ2n) is 6.03. The van der Waals surface area contributed by atoms with Gasteiger partial charge in [0.1, 0.15) is 13.2 Å². The predicted octanol–water partition coefficient (Wildman–Crippen LogP) is 2.70. The maximum Gasteiger partial charge on any atom is 0.338 e. The third kappa shape index (κ3) is 4.80. The molecule has 0 bridgehead atoms. The van der Waals surface area contributed by atoms with Gasteiger partial charge < -0.3 is 19.7 Å². The van der Waals surface area contributed by atoms with Gasteiger partial charge in [-0.2, -0.15) is 0 Å². The van der Waals surface area contributed by atoms with Crippen LogP contribution in [0.25, 0.3) is 10.8 Å². The fraction of sp³-hybridized carbons (Fsp3) is 0.400. The molecule has 0 saturated heterocycles. The molecule has 2 unspecified atom stereocenters. The number of hydrogen-bond acceptors (Lipinski definition) is 6. The smallest absolute Gasteiger partial charge is 0.338 e. The van der Waals surface area contributed by atoms with Crippen molar-refractivity contribution in [1.82, 2.24) is 0 Å². The number of ether oxygens (including phenoxy) is 2. The van der Waals surface area contributed by atoms with E-state index in [1.165, 1.54) is 12.1 Å². The molecule has 0 fully saturated rings. The van der Waals surface area contributed by atoms with Crippen LogP contribution in [0.2, 0.25) is 0 Å². The van der Waals surface area contributed by atoms with Crippen molar-refractivity contribution in [3.63, 3.8) is 0 Å². The van der Waals surface area contributed by atoms with Crippen LogP contribution in [-0.2, 0) is 9.47 Å². The van der Waals surface area contributed by atoms with E-state index in [0.717, 1.165) is 0 Å². The van der Waals surface area contributed by atoms with Gasteiger partial charge in [-0.25, -0.2) is 9.59 Å². The van der Waals surface area contributed by atoms with Crippen LogP contribution >= 0.6 is 0 Å². The van der Waals surface area contributed by atoms with Crippen LogP contribution in [0.5, 0.6) is 0 Å². The lowest BCUT2D eigenvalue weighted by Crippen LogP contribution is -2.19. The van der Waals surface area contributed by atoms with Crippen molar-refractivity contribution in [3.05, 3.63) is 47.5 Å². The number of benzene rings is 2. The Bertz CT molecular complexity index is 705. The Morgan fingerprint density at radius 3 is 1.54 bits per heavy atom. The summed E-state index contributed by atoms with van der Waals surface area (Å²) < 4.78 is 10.3. The summed E-state index contributed by atoms with van der Waals surface area (Å²) in [5.74, 6) is -1.12. The lowest BCUT2D eigenvalue weighted by Gasteiger charge is -2.13. The SMILES string of the molecule is CCC(O)COC(=O)c1ccc(C(=O)OCC(O)CC)c2ccccc12. The van der Waals surface area contributed by atoms with Gasteiger partial charge in [0.2, 0.25) is 0 Å². The van der Waals surface area contributed by atoms with Gasteiger partial charge in [-0.1, -0.05) is 38.1 Å². The minimum absolute atomic E-state index is 0.0810. The monoisotopic (exact) mass is 360 g/mol. The lowest BCUT2D eigenvalue weighted by molar-refractivity contribution is 0.0245. The Kier molecular flexibility index (Phi) is 7.12. The molecule has 6 heteroatoms. The molecule has 0 aliphatic carbocycles. The van der Waals surface area contributed by atoms with Crippen molar-refractivity contribution in [2.75, 3.05) is 13.2 Å². The normalized spacial score (nSPS) is 13.2. The summed E-state index contributed by atoms with van der Waals surface area (Å²) >= 11 is 0. The summed E-state index contributed by atoms with van der Waals surface area (Å²) in [6.45, 7) is 3.43. The Balaban J connectivity index is 2.28. The van der Waals surface area contributed by atoms with Crippen LogP contribution in [-0.4, -0.2) is 47.6 Å². The fourth-order valence-electron chi connectivity index (χ4n) is 2.39. The van der Waals surface area contributed by atoms with Gasteiger partial charge in [0.15, 0.2) is 0 Å². The molecule has 0 spiro atoms. The largest absolute Gasteiger partial charge is 0.459 e. The highest BCUT2D eigenvalue weighted by molar-refractivity contribution is 6.11. The zero-order valence-corrected chi connectivity index (χ0v) is 15.0. The van der Waals surface area contributed by atoms with E-state index in [-0.39, 0.29) is 13.2 Å². The number of aliphatic hydroxyl groups excluding tert-OH is 2. The van der Waals surface area contributed by atoms with Crippen molar-refractivity contribution < 1.29 is 29.3 Å². The first-order valence-electron chi connectivity index (χ1n) is 8.70. The minimum atomic E-state index is -0.704. The molecule has 0 heterocycles. The number of aliphatic hydroxyl groups is 2. The number of carbonyl (C=O) groups is 2. The van der Waals surface area contributed by atoms with Crippen LogP contribution in [0.4, 0.5) is 0 Å². The van der Waals surface area contributed by atoms with Crippen molar-refractivity contribution in [2.24, 2.45) is 0 Å². The summed E-state index contributed by atoms with van der Waals surface area (Å²) in [6, 6.07) is 9.98. The fourth-order valence-corrected chi connectivity index (χ4v) is 2.39. The third-order valence-corrected chi connectivity index (χ3v) is 4.12. The number of hydrogen-bond donors (Lipinski definition) is 2. The van der Waals surface area contributed by atoms with E-state index in [1.807, 2.05) is 0 Å². The molecule has 6 nitrogen and oxygen atoms in total. The quantitative estimate of drug-likeness (QED) is 0.703. The highest BCUT2D eigenvalue weighted by Crippen LogP contribution is 2.24. The Hall–Kier alpha value is -2.44. The Labute approximate surface area is 152 Å². The molecule has 2 aromatic rings. The molecule has 26 heavy (non-hydrogen) atoms. The van der Waals surface area contributed by atoms with Gasteiger partial charge in [-0.05, 0) is 35.7 Å². The number of rotatable bonds is 8. The highest BCUT2D eigenvalue weighted by Gasteiger charge is 2.19. The zero-order chi connectivity index (χ0) is 19.1. The molecule has 2 N–H and O–H groups in total. The summed E-state index contributed by atoms with van der Waals surface area (Å²) in [7, 11) is 0. The molecule has 2 atom stereocenters. The van der Waals surface area contributed by atoms with Crippen LogP contribution in [0.3, 0.4) is 0 Å². The summed E-state index contributed by atoms with van der Waals surface area (Å²) in [5.41, 5.74) is 0.628. The molecule has 0 aliphatic heterocycles. The first-order valence-corrected chi connectivity index (χ1v) is 8.70. The van der Waals surface area contributed by atoms with Crippen molar-refractivity contribution in [1.29, 1.82) is 0 Å². The van der Waals surface area contributed by atoms with Crippen LogP contribution in [0.1, 0.15) is 47.4 Å². The molecule has 0 amide bonds. The second kappa shape index (κ2) is 9.31. The van der Waals surface area contributed by atoms with Crippen LogP contribution < -0.4 is 0 Å². The Morgan fingerprint density at radius 1 is 0.808 bits per heavy atom. The summed E-state index contributed by atoms with van der Waals surface area (Å²) in [4.78, 5) is 24.7. The molecule has 0 radical (unpaired) electrons. The summed E-state index contributed by atoms with van der Waals surface area (Å²) in [5, 5.41) is 20.2. The van der Waals surface area contributed by atoms with Gasteiger partial charge in [0.25, 0.3) is 0 Å². The standard InChI is InChI=1S/C20H24O6/c1-3-13(21)11-25-19(23)17-9-10-18(16-8-6-5-7-15(16)17)20(24)26-12-14(22)4-2/h5-10,13-14,21-22H,3-4,11-12H2,1-2H3. The van der Waals surface area contributed by atoms with E-state index in [4.69, 9.17) is 9.47 Å².